The molecule has 2 heterocycles. The fourth-order valence-corrected chi connectivity index (χ4v) is 3.24. The van der Waals surface area contributed by atoms with Crippen LogP contribution in [-0.2, 0) is 6.54 Å². The molecular formula is C22H20N4O. The summed E-state index contributed by atoms with van der Waals surface area (Å²) in [5.74, 6) is -0.151. The lowest BCUT2D eigenvalue weighted by molar-refractivity contribution is 0.102. The molecule has 5 heteroatoms. The number of para-hydroxylation sites is 2. The van der Waals surface area contributed by atoms with Gasteiger partial charge in [-0.1, -0.05) is 36.4 Å². The highest BCUT2D eigenvalue weighted by Gasteiger charge is 2.16. The highest BCUT2D eigenvalue weighted by molar-refractivity contribution is 6.13. The highest BCUT2D eigenvalue weighted by Crippen LogP contribution is 2.27. The van der Waals surface area contributed by atoms with E-state index in [1.54, 1.807) is 0 Å². The SMILES string of the molecule is CCn1ncc(-c2cc(C(=O)Nc3ccccc3)c3ccccc3n2)c1C. The minimum atomic E-state index is -0.151. The molecule has 0 spiro atoms. The number of carbonyl (C=O) groups excluding carboxylic acids is 1. The predicted molar refractivity (Wildman–Crippen MR) is 108 cm³/mol. The van der Waals surface area contributed by atoms with Crippen molar-refractivity contribution in [3.05, 3.63) is 78.1 Å². The number of fused-ring (bicyclic) bond motifs is 1. The maximum atomic E-state index is 13.0. The smallest absolute Gasteiger partial charge is 0.256 e. The summed E-state index contributed by atoms with van der Waals surface area (Å²) in [7, 11) is 0. The summed E-state index contributed by atoms with van der Waals surface area (Å²) in [5, 5.41) is 8.21. The quantitative estimate of drug-likeness (QED) is 0.577. The van der Waals surface area contributed by atoms with Crippen LogP contribution in [0.15, 0.2) is 66.9 Å². The third-order valence-electron chi connectivity index (χ3n) is 4.67. The van der Waals surface area contributed by atoms with Gasteiger partial charge in [0, 0.05) is 28.9 Å². The van der Waals surface area contributed by atoms with E-state index in [1.165, 1.54) is 0 Å². The summed E-state index contributed by atoms with van der Waals surface area (Å²) in [5.41, 5.74) is 4.88. The van der Waals surface area contributed by atoms with E-state index in [2.05, 4.69) is 17.3 Å². The van der Waals surface area contributed by atoms with E-state index in [0.29, 0.717) is 5.56 Å². The number of benzene rings is 2. The van der Waals surface area contributed by atoms with Crippen LogP contribution in [0.25, 0.3) is 22.2 Å². The Labute approximate surface area is 157 Å². The summed E-state index contributed by atoms with van der Waals surface area (Å²) in [6.45, 7) is 4.86. The topological polar surface area (TPSA) is 59.8 Å². The van der Waals surface area contributed by atoms with E-state index in [1.807, 2.05) is 78.5 Å². The lowest BCUT2D eigenvalue weighted by Crippen LogP contribution is -2.13. The summed E-state index contributed by atoms with van der Waals surface area (Å²) in [4.78, 5) is 17.8. The molecule has 0 aliphatic rings. The van der Waals surface area contributed by atoms with E-state index in [-0.39, 0.29) is 5.91 Å². The molecule has 0 aliphatic heterocycles. The Morgan fingerprint density at radius 3 is 2.56 bits per heavy atom. The number of aromatic nitrogens is 3. The lowest BCUT2D eigenvalue weighted by Gasteiger charge is -2.10. The fourth-order valence-electron chi connectivity index (χ4n) is 3.24. The highest BCUT2D eigenvalue weighted by atomic mass is 16.1. The molecule has 0 atom stereocenters. The van der Waals surface area contributed by atoms with Crippen molar-refractivity contribution in [2.75, 3.05) is 5.32 Å². The molecule has 0 unspecified atom stereocenters. The molecule has 2 aromatic heterocycles. The molecule has 0 bridgehead atoms. The van der Waals surface area contributed by atoms with Crippen LogP contribution >= 0.6 is 0 Å². The molecule has 1 N–H and O–H groups in total. The molecule has 27 heavy (non-hydrogen) atoms. The van der Waals surface area contributed by atoms with Gasteiger partial charge in [0.05, 0.1) is 23.0 Å². The Balaban J connectivity index is 1.83. The first-order valence-corrected chi connectivity index (χ1v) is 8.96. The second-order valence-corrected chi connectivity index (χ2v) is 6.35. The Morgan fingerprint density at radius 2 is 1.81 bits per heavy atom. The van der Waals surface area contributed by atoms with Crippen molar-refractivity contribution in [2.24, 2.45) is 0 Å². The number of amides is 1. The van der Waals surface area contributed by atoms with Crippen LogP contribution in [0.2, 0.25) is 0 Å². The fraction of sp³-hybridized carbons (Fsp3) is 0.136. The average molecular weight is 356 g/mol. The van der Waals surface area contributed by atoms with Crippen LogP contribution < -0.4 is 5.32 Å². The number of hydrogen-bond donors (Lipinski definition) is 1. The van der Waals surface area contributed by atoms with Crippen molar-refractivity contribution in [3.63, 3.8) is 0 Å². The van der Waals surface area contributed by atoms with Gasteiger partial charge in [0.2, 0.25) is 0 Å². The zero-order valence-corrected chi connectivity index (χ0v) is 15.3. The zero-order valence-electron chi connectivity index (χ0n) is 15.3. The molecule has 4 rings (SSSR count). The van der Waals surface area contributed by atoms with Gasteiger partial charge >= 0.3 is 0 Å². The summed E-state index contributed by atoms with van der Waals surface area (Å²) in [6, 6.07) is 19.0. The number of nitrogens with zero attached hydrogens (tertiary/aromatic N) is 3. The number of hydrogen-bond acceptors (Lipinski definition) is 3. The van der Waals surface area contributed by atoms with Crippen molar-refractivity contribution in [1.29, 1.82) is 0 Å². The first kappa shape index (κ1) is 17.0. The van der Waals surface area contributed by atoms with Gasteiger partial charge in [0.1, 0.15) is 0 Å². The summed E-state index contributed by atoms with van der Waals surface area (Å²) < 4.78 is 1.93. The molecule has 0 saturated heterocycles. The number of aryl methyl sites for hydroxylation is 1. The first-order valence-electron chi connectivity index (χ1n) is 8.96. The summed E-state index contributed by atoms with van der Waals surface area (Å²) in [6.07, 6.45) is 1.81. The lowest BCUT2D eigenvalue weighted by atomic mass is 10.0. The van der Waals surface area contributed by atoms with Crippen molar-refractivity contribution >= 4 is 22.5 Å². The number of carbonyl (C=O) groups is 1. The third kappa shape index (κ3) is 3.19. The second-order valence-electron chi connectivity index (χ2n) is 6.35. The normalized spacial score (nSPS) is 10.9. The number of rotatable bonds is 4. The molecule has 0 saturated carbocycles. The Hall–Kier alpha value is -3.47. The van der Waals surface area contributed by atoms with Crippen molar-refractivity contribution in [1.82, 2.24) is 14.8 Å². The maximum absolute atomic E-state index is 13.0. The molecule has 0 aliphatic carbocycles. The van der Waals surface area contributed by atoms with Gasteiger partial charge in [-0.3, -0.25) is 9.48 Å². The predicted octanol–water partition coefficient (Wildman–Crippen LogP) is 4.68. The van der Waals surface area contributed by atoms with Crippen molar-refractivity contribution < 1.29 is 4.79 Å². The van der Waals surface area contributed by atoms with Crippen LogP contribution in [-0.4, -0.2) is 20.7 Å². The van der Waals surface area contributed by atoms with Gasteiger partial charge in [0.15, 0.2) is 0 Å². The largest absolute Gasteiger partial charge is 0.322 e. The van der Waals surface area contributed by atoms with Crippen LogP contribution in [0, 0.1) is 6.92 Å². The standard InChI is InChI=1S/C22H20N4O/c1-3-26-15(2)19(14-23-26)21-13-18(17-11-7-8-12-20(17)25-21)22(27)24-16-9-5-4-6-10-16/h4-14H,3H2,1-2H3,(H,24,27). The molecular weight excluding hydrogens is 336 g/mol. The Kier molecular flexibility index (Phi) is 4.42. The van der Waals surface area contributed by atoms with Crippen LogP contribution in [0.5, 0.6) is 0 Å². The monoisotopic (exact) mass is 356 g/mol. The second kappa shape index (κ2) is 7.03. The van der Waals surface area contributed by atoms with E-state index in [9.17, 15) is 4.79 Å². The molecule has 0 fully saturated rings. The van der Waals surface area contributed by atoms with E-state index in [4.69, 9.17) is 4.98 Å². The molecule has 134 valence electrons. The van der Waals surface area contributed by atoms with Gasteiger partial charge in [0.25, 0.3) is 5.91 Å². The molecule has 2 aromatic carbocycles. The van der Waals surface area contributed by atoms with E-state index < -0.39 is 0 Å². The Morgan fingerprint density at radius 1 is 1.07 bits per heavy atom. The van der Waals surface area contributed by atoms with Gasteiger partial charge in [-0.25, -0.2) is 4.98 Å². The zero-order chi connectivity index (χ0) is 18.8. The molecule has 1 amide bonds. The summed E-state index contributed by atoms with van der Waals surface area (Å²) >= 11 is 0. The molecule has 0 radical (unpaired) electrons. The van der Waals surface area contributed by atoms with Gasteiger partial charge in [-0.2, -0.15) is 5.10 Å². The number of nitrogens with one attached hydrogen (secondary N) is 1. The van der Waals surface area contributed by atoms with Gasteiger partial charge in [-0.05, 0) is 38.1 Å². The van der Waals surface area contributed by atoms with E-state index in [0.717, 1.165) is 40.1 Å². The minimum absolute atomic E-state index is 0.151. The van der Waals surface area contributed by atoms with Gasteiger partial charge < -0.3 is 5.32 Å². The minimum Gasteiger partial charge on any atom is -0.322 e. The van der Waals surface area contributed by atoms with Crippen LogP contribution in [0.1, 0.15) is 23.0 Å². The Bertz CT molecular complexity index is 1120. The first-order chi connectivity index (χ1) is 13.2. The third-order valence-corrected chi connectivity index (χ3v) is 4.67. The molecule has 4 aromatic rings. The van der Waals surface area contributed by atoms with Crippen LogP contribution in [0.4, 0.5) is 5.69 Å². The van der Waals surface area contributed by atoms with Gasteiger partial charge in [-0.15, -0.1) is 0 Å². The maximum Gasteiger partial charge on any atom is 0.256 e. The van der Waals surface area contributed by atoms with Crippen molar-refractivity contribution in [2.45, 2.75) is 20.4 Å². The average Bonchev–Trinajstić information content (AvgIpc) is 3.08. The van der Waals surface area contributed by atoms with Crippen LogP contribution in [0.3, 0.4) is 0 Å². The molecule has 5 nitrogen and oxygen atoms in total. The number of pyridine rings is 1. The number of anilines is 1. The van der Waals surface area contributed by atoms with Crippen molar-refractivity contribution in [3.8, 4) is 11.3 Å². The van der Waals surface area contributed by atoms with E-state index >= 15 is 0 Å².